The second kappa shape index (κ2) is 8.81. The van der Waals surface area contributed by atoms with Crippen LogP contribution in [0.3, 0.4) is 0 Å². The second-order valence-electron chi connectivity index (χ2n) is 10.9. The number of piperazine rings is 1. The lowest BCUT2D eigenvalue weighted by atomic mass is 9.80. The fourth-order valence-electron chi connectivity index (χ4n) is 5.14. The molecule has 1 amide bonds. The number of carbonyl (C=O) groups excluding carboxylic acids is 1. The summed E-state index contributed by atoms with van der Waals surface area (Å²) in [5, 5.41) is 1.03. The van der Waals surface area contributed by atoms with Gasteiger partial charge in [-0.15, -0.1) is 0 Å². The quantitative estimate of drug-likeness (QED) is 0.485. The molecular weight excluding hydrogens is 445 g/mol. The first-order valence-corrected chi connectivity index (χ1v) is 12.5. The van der Waals surface area contributed by atoms with E-state index in [9.17, 15) is 9.18 Å². The Morgan fingerprint density at radius 3 is 2.54 bits per heavy atom. The van der Waals surface area contributed by atoms with E-state index in [1.54, 1.807) is 12.4 Å². The molecule has 1 saturated heterocycles. The molecule has 0 unspecified atom stereocenters. The van der Waals surface area contributed by atoms with Crippen LogP contribution in [0.1, 0.15) is 65.4 Å². The number of rotatable bonds is 3. The van der Waals surface area contributed by atoms with Gasteiger partial charge in [-0.25, -0.2) is 19.2 Å². The standard InChI is InChI=1S/C27H34FN5O2/c1-17-14-32(26(34)35-27(3,4)5)18(2)13-31(17)24-23-22(19-8-6-9-19)15-33(25(23)30-16-29-24)21-11-7-10-20(28)12-21/h7,10-12,15-19H,6,8-9,13-14H2,1-5H3/t17-,18+/m0/s1. The summed E-state index contributed by atoms with van der Waals surface area (Å²) in [5.74, 6) is 1.06. The van der Waals surface area contributed by atoms with Gasteiger partial charge in [0.05, 0.1) is 5.39 Å². The molecule has 0 spiro atoms. The summed E-state index contributed by atoms with van der Waals surface area (Å²) in [6.45, 7) is 11.0. The number of aromatic nitrogens is 3. The molecule has 1 aliphatic carbocycles. The Bertz CT molecular complexity index is 1250. The van der Waals surface area contributed by atoms with Crippen LogP contribution in [0.25, 0.3) is 16.7 Å². The molecule has 1 aromatic carbocycles. The summed E-state index contributed by atoms with van der Waals surface area (Å²) < 4.78 is 21.7. The minimum atomic E-state index is -0.534. The first kappa shape index (κ1) is 23.6. The summed E-state index contributed by atoms with van der Waals surface area (Å²) in [5.41, 5.74) is 2.23. The molecule has 3 heterocycles. The minimum Gasteiger partial charge on any atom is -0.444 e. The van der Waals surface area contributed by atoms with Crippen molar-refractivity contribution in [2.24, 2.45) is 0 Å². The molecule has 2 fully saturated rings. The molecule has 2 aromatic heterocycles. The largest absolute Gasteiger partial charge is 0.444 e. The average molecular weight is 480 g/mol. The molecule has 8 heteroatoms. The van der Waals surface area contributed by atoms with E-state index in [2.05, 4.69) is 23.0 Å². The topological polar surface area (TPSA) is 63.5 Å². The van der Waals surface area contributed by atoms with Gasteiger partial charge in [0.2, 0.25) is 0 Å². The number of ether oxygens (including phenoxy) is 1. The molecule has 1 saturated carbocycles. The normalized spacial score (nSPS) is 21.3. The van der Waals surface area contributed by atoms with Crippen LogP contribution < -0.4 is 4.90 Å². The van der Waals surface area contributed by atoms with Crippen molar-refractivity contribution in [2.75, 3.05) is 18.0 Å². The van der Waals surface area contributed by atoms with Gasteiger partial charge in [-0.2, -0.15) is 0 Å². The van der Waals surface area contributed by atoms with Crippen molar-refractivity contribution in [1.82, 2.24) is 19.4 Å². The number of nitrogens with zero attached hydrogens (tertiary/aromatic N) is 5. The van der Waals surface area contributed by atoms with Crippen molar-refractivity contribution in [2.45, 2.75) is 77.5 Å². The highest BCUT2D eigenvalue weighted by atomic mass is 19.1. The summed E-state index contributed by atoms with van der Waals surface area (Å²) in [4.78, 5) is 26.3. The van der Waals surface area contributed by atoms with Crippen LogP contribution in [0.4, 0.5) is 15.0 Å². The Morgan fingerprint density at radius 2 is 1.89 bits per heavy atom. The lowest BCUT2D eigenvalue weighted by Gasteiger charge is -2.45. The monoisotopic (exact) mass is 479 g/mol. The highest BCUT2D eigenvalue weighted by molar-refractivity contribution is 5.93. The number of carbonyl (C=O) groups is 1. The van der Waals surface area contributed by atoms with E-state index in [0.717, 1.165) is 35.4 Å². The molecule has 5 rings (SSSR count). The Balaban J connectivity index is 1.54. The van der Waals surface area contributed by atoms with Crippen molar-refractivity contribution >= 4 is 22.9 Å². The SMILES string of the molecule is C[C@@H]1CN(c2ncnc3c2c(C2CCC2)cn3-c2cccc(F)c2)[C@@H](C)CN1C(=O)OC(C)(C)C. The van der Waals surface area contributed by atoms with Gasteiger partial charge < -0.3 is 19.1 Å². The molecule has 0 bridgehead atoms. The smallest absolute Gasteiger partial charge is 0.410 e. The number of fused-ring (bicyclic) bond motifs is 1. The van der Waals surface area contributed by atoms with Crippen molar-refractivity contribution in [3.05, 3.63) is 48.2 Å². The zero-order valence-corrected chi connectivity index (χ0v) is 21.2. The number of benzene rings is 1. The number of hydrogen-bond donors (Lipinski definition) is 0. The van der Waals surface area contributed by atoms with Crippen LogP contribution in [0.5, 0.6) is 0 Å². The molecule has 0 radical (unpaired) electrons. The van der Waals surface area contributed by atoms with E-state index in [4.69, 9.17) is 9.72 Å². The van der Waals surface area contributed by atoms with Crippen LogP contribution in [-0.4, -0.2) is 56.3 Å². The maximum atomic E-state index is 14.1. The lowest BCUT2D eigenvalue weighted by molar-refractivity contribution is 0.0130. The van der Waals surface area contributed by atoms with Crippen LogP contribution in [0.15, 0.2) is 36.8 Å². The fraction of sp³-hybridized carbons (Fsp3) is 0.519. The van der Waals surface area contributed by atoms with Gasteiger partial charge in [-0.05, 0) is 77.1 Å². The average Bonchev–Trinajstić information content (AvgIpc) is 3.12. The fourth-order valence-corrected chi connectivity index (χ4v) is 5.14. The third-order valence-electron chi connectivity index (χ3n) is 7.11. The molecule has 7 nitrogen and oxygen atoms in total. The minimum absolute atomic E-state index is 0.0384. The number of hydrogen-bond acceptors (Lipinski definition) is 5. The van der Waals surface area contributed by atoms with Gasteiger partial charge in [0.25, 0.3) is 0 Å². The summed E-state index contributed by atoms with van der Waals surface area (Å²) in [7, 11) is 0. The van der Waals surface area contributed by atoms with Crippen molar-refractivity contribution in [3.8, 4) is 5.69 Å². The Hall–Kier alpha value is -3.16. The Labute approximate surface area is 205 Å². The molecule has 1 aliphatic heterocycles. The maximum absolute atomic E-state index is 14.1. The van der Waals surface area contributed by atoms with Crippen molar-refractivity contribution in [3.63, 3.8) is 0 Å². The van der Waals surface area contributed by atoms with Crippen molar-refractivity contribution < 1.29 is 13.9 Å². The third-order valence-corrected chi connectivity index (χ3v) is 7.11. The van der Waals surface area contributed by atoms with Gasteiger partial charge in [-0.3, -0.25) is 0 Å². The number of anilines is 1. The van der Waals surface area contributed by atoms with Gasteiger partial charge >= 0.3 is 6.09 Å². The highest BCUT2D eigenvalue weighted by Gasteiger charge is 2.37. The number of halogens is 1. The molecule has 35 heavy (non-hydrogen) atoms. The zero-order valence-electron chi connectivity index (χ0n) is 21.2. The van der Waals surface area contributed by atoms with E-state index in [1.165, 1.54) is 24.1 Å². The van der Waals surface area contributed by atoms with Gasteiger partial charge in [-0.1, -0.05) is 12.5 Å². The van der Waals surface area contributed by atoms with Crippen LogP contribution in [-0.2, 0) is 4.74 Å². The third kappa shape index (κ3) is 4.46. The van der Waals surface area contributed by atoms with E-state index in [0.29, 0.717) is 19.0 Å². The van der Waals surface area contributed by atoms with Gasteiger partial charge in [0.15, 0.2) is 0 Å². The number of amides is 1. The molecule has 186 valence electrons. The van der Waals surface area contributed by atoms with E-state index < -0.39 is 5.60 Å². The summed E-state index contributed by atoms with van der Waals surface area (Å²) >= 11 is 0. The highest BCUT2D eigenvalue weighted by Crippen LogP contribution is 2.43. The Morgan fingerprint density at radius 1 is 1.11 bits per heavy atom. The van der Waals surface area contributed by atoms with E-state index in [1.807, 2.05) is 43.2 Å². The second-order valence-corrected chi connectivity index (χ2v) is 10.9. The molecule has 0 N–H and O–H groups in total. The molecule has 3 aromatic rings. The first-order valence-electron chi connectivity index (χ1n) is 12.5. The molecule has 2 aliphatic rings. The lowest BCUT2D eigenvalue weighted by Crippen LogP contribution is -2.59. The maximum Gasteiger partial charge on any atom is 0.410 e. The Kier molecular flexibility index (Phi) is 5.93. The van der Waals surface area contributed by atoms with Gasteiger partial charge in [0, 0.05) is 37.1 Å². The van der Waals surface area contributed by atoms with Crippen LogP contribution >= 0.6 is 0 Å². The first-order chi connectivity index (χ1) is 16.6. The van der Waals surface area contributed by atoms with Gasteiger partial charge in [0.1, 0.15) is 29.2 Å². The molecular formula is C27H34FN5O2. The summed E-state index contributed by atoms with van der Waals surface area (Å²) in [6, 6.07) is 6.62. The predicted octanol–water partition coefficient (Wildman–Crippen LogP) is 5.66. The van der Waals surface area contributed by atoms with Crippen LogP contribution in [0.2, 0.25) is 0 Å². The van der Waals surface area contributed by atoms with Crippen LogP contribution in [0, 0.1) is 5.82 Å². The van der Waals surface area contributed by atoms with E-state index in [-0.39, 0.29) is 24.0 Å². The summed E-state index contributed by atoms with van der Waals surface area (Å²) in [6.07, 6.45) is 6.91. The molecule has 2 atom stereocenters. The predicted molar refractivity (Wildman–Crippen MR) is 135 cm³/mol. The van der Waals surface area contributed by atoms with E-state index >= 15 is 0 Å². The van der Waals surface area contributed by atoms with Crippen molar-refractivity contribution in [1.29, 1.82) is 0 Å². The zero-order chi connectivity index (χ0) is 24.9.